The summed E-state index contributed by atoms with van der Waals surface area (Å²) in [6.07, 6.45) is 1.46. The summed E-state index contributed by atoms with van der Waals surface area (Å²) in [4.78, 5) is 4.17. The molecule has 1 N–H and O–H groups in total. The molecule has 0 amide bonds. The monoisotopic (exact) mass is 358 g/mol. The Hall–Kier alpha value is -1.34. The van der Waals surface area contributed by atoms with Crippen LogP contribution in [0.25, 0.3) is 10.9 Å². The van der Waals surface area contributed by atoms with Crippen LogP contribution >= 0.6 is 34.5 Å². The van der Waals surface area contributed by atoms with E-state index in [0.717, 1.165) is 22.2 Å². The topological polar surface area (TPSA) is 59.1 Å². The zero-order valence-electron chi connectivity index (χ0n) is 10.4. The molecule has 108 valence electrons. The predicted octanol–water partition coefficient (Wildman–Crippen LogP) is 4.40. The maximum atomic E-state index is 12.3. The quantitative estimate of drug-likeness (QED) is 0.754. The van der Waals surface area contributed by atoms with Gasteiger partial charge in [-0.15, -0.1) is 11.3 Å². The maximum Gasteiger partial charge on any atom is 0.264 e. The molecule has 2 heterocycles. The molecule has 1 aromatic carbocycles. The van der Waals surface area contributed by atoms with Gasteiger partial charge in [0.2, 0.25) is 0 Å². The van der Waals surface area contributed by atoms with Crippen molar-refractivity contribution >= 4 is 61.2 Å². The average molecular weight is 359 g/mol. The summed E-state index contributed by atoms with van der Waals surface area (Å²) in [7, 11) is -3.79. The van der Waals surface area contributed by atoms with Gasteiger partial charge in [-0.1, -0.05) is 41.4 Å². The van der Waals surface area contributed by atoms with Crippen molar-refractivity contribution in [3.63, 3.8) is 0 Å². The Morgan fingerprint density at radius 3 is 2.62 bits per heavy atom. The fourth-order valence-electron chi connectivity index (χ4n) is 1.85. The Morgan fingerprint density at radius 2 is 1.90 bits per heavy atom. The number of nitrogens with zero attached hydrogens (tertiary/aromatic N) is 1. The molecule has 0 spiro atoms. The smallest absolute Gasteiger partial charge is 0.264 e. The zero-order chi connectivity index (χ0) is 15.0. The standard InChI is InChI=1S/C13H8Cl2N2O2S2/c14-12-6-11(13(15)20-12)21(18,19)17-9-5-8-3-1-2-4-10(8)16-7-9/h1-7,17H. The summed E-state index contributed by atoms with van der Waals surface area (Å²) in [6.45, 7) is 0. The van der Waals surface area contributed by atoms with Crippen LogP contribution in [0.1, 0.15) is 0 Å². The molecule has 4 nitrogen and oxygen atoms in total. The molecule has 0 bridgehead atoms. The molecular formula is C13H8Cl2N2O2S2. The van der Waals surface area contributed by atoms with Crippen LogP contribution in [0.15, 0.2) is 47.5 Å². The van der Waals surface area contributed by atoms with E-state index in [1.807, 2.05) is 24.3 Å². The van der Waals surface area contributed by atoms with Crippen molar-refractivity contribution in [2.45, 2.75) is 4.90 Å². The molecule has 3 rings (SSSR count). The number of anilines is 1. The number of para-hydroxylation sites is 1. The molecule has 3 aromatic rings. The number of thiophene rings is 1. The number of sulfonamides is 1. The molecule has 8 heteroatoms. The number of nitrogens with one attached hydrogen (secondary N) is 1. The van der Waals surface area contributed by atoms with Gasteiger partial charge in [-0.05, 0) is 18.2 Å². The van der Waals surface area contributed by atoms with Crippen LogP contribution in [-0.2, 0) is 10.0 Å². The Labute approximate surface area is 135 Å². The van der Waals surface area contributed by atoms with E-state index >= 15 is 0 Å². The first-order valence-corrected chi connectivity index (χ1v) is 8.84. The van der Waals surface area contributed by atoms with E-state index in [4.69, 9.17) is 23.2 Å². The van der Waals surface area contributed by atoms with Gasteiger partial charge in [-0.2, -0.15) is 0 Å². The highest BCUT2D eigenvalue weighted by atomic mass is 35.5. The van der Waals surface area contributed by atoms with Crippen LogP contribution in [0.5, 0.6) is 0 Å². The Bertz CT molecular complexity index is 923. The van der Waals surface area contributed by atoms with Crippen LogP contribution in [0.4, 0.5) is 5.69 Å². The molecule has 21 heavy (non-hydrogen) atoms. The van der Waals surface area contributed by atoms with Gasteiger partial charge < -0.3 is 0 Å². The summed E-state index contributed by atoms with van der Waals surface area (Å²) in [5.74, 6) is 0. The van der Waals surface area contributed by atoms with E-state index in [-0.39, 0.29) is 9.23 Å². The first kappa shape index (κ1) is 14.6. The second-order valence-corrected chi connectivity index (χ2v) is 8.15. The lowest BCUT2D eigenvalue weighted by atomic mass is 10.2. The first-order chi connectivity index (χ1) is 9.95. The second kappa shape index (κ2) is 5.46. The van der Waals surface area contributed by atoms with Crippen molar-refractivity contribution in [1.82, 2.24) is 4.98 Å². The van der Waals surface area contributed by atoms with Crippen LogP contribution in [0, 0.1) is 0 Å². The number of hydrogen-bond acceptors (Lipinski definition) is 4. The number of hydrogen-bond donors (Lipinski definition) is 1. The number of halogens is 2. The van der Waals surface area contributed by atoms with Gasteiger partial charge in [0, 0.05) is 5.39 Å². The van der Waals surface area contributed by atoms with Crippen molar-refractivity contribution in [1.29, 1.82) is 0 Å². The third kappa shape index (κ3) is 2.98. The van der Waals surface area contributed by atoms with Crippen molar-refractivity contribution in [2.24, 2.45) is 0 Å². The minimum absolute atomic E-state index is 0.0349. The number of pyridine rings is 1. The largest absolute Gasteiger partial charge is 0.278 e. The summed E-state index contributed by atoms with van der Waals surface area (Å²) in [5, 5.41) is 0.840. The molecule has 0 saturated heterocycles. The summed E-state index contributed by atoms with van der Waals surface area (Å²) in [6, 6.07) is 10.5. The number of fused-ring (bicyclic) bond motifs is 1. The zero-order valence-corrected chi connectivity index (χ0v) is 13.5. The summed E-state index contributed by atoms with van der Waals surface area (Å²) in [5.41, 5.74) is 1.16. The molecule has 2 aromatic heterocycles. The molecule has 0 saturated carbocycles. The molecule has 0 aliphatic heterocycles. The normalized spacial score (nSPS) is 11.7. The van der Waals surface area contributed by atoms with Gasteiger partial charge in [-0.25, -0.2) is 8.42 Å². The van der Waals surface area contributed by atoms with E-state index in [9.17, 15) is 8.42 Å². The molecule has 0 atom stereocenters. The van der Waals surface area contributed by atoms with Crippen molar-refractivity contribution in [3.05, 3.63) is 51.3 Å². The number of aromatic nitrogens is 1. The predicted molar refractivity (Wildman–Crippen MR) is 86.9 cm³/mol. The lowest BCUT2D eigenvalue weighted by Crippen LogP contribution is -2.12. The van der Waals surface area contributed by atoms with E-state index in [1.165, 1.54) is 12.3 Å². The highest BCUT2D eigenvalue weighted by Gasteiger charge is 2.21. The molecule has 0 radical (unpaired) electrons. The highest BCUT2D eigenvalue weighted by molar-refractivity contribution is 7.93. The Balaban J connectivity index is 1.99. The summed E-state index contributed by atoms with van der Waals surface area (Å²) >= 11 is 12.7. The fourth-order valence-corrected chi connectivity index (χ4v) is 5.03. The molecular weight excluding hydrogens is 351 g/mol. The van der Waals surface area contributed by atoms with Crippen molar-refractivity contribution < 1.29 is 8.42 Å². The highest BCUT2D eigenvalue weighted by Crippen LogP contribution is 2.35. The average Bonchev–Trinajstić information content (AvgIpc) is 2.78. The van der Waals surface area contributed by atoms with E-state index in [1.54, 1.807) is 6.07 Å². The Kier molecular flexibility index (Phi) is 3.79. The van der Waals surface area contributed by atoms with Gasteiger partial charge in [0.25, 0.3) is 10.0 Å². The fraction of sp³-hybridized carbons (Fsp3) is 0. The van der Waals surface area contributed by atoms with Crippen molar-refractivity contribution in [2.75, 3.05) is 4.72 Å². The number of rotatable bonds is 3. The second-order valence-electron chi connectivity index (χ2n) is 4.21. The van der Waals surface area contributed by atoms with Gasteiger partial charge >= 0.3 is 0 Å². The molecule has 0 aliphatic rings. The van der Waals surface area contributed by atoms with Crippen molar-refractivity contribution in [3.8, 4) is 0 Å². The van der Waals surface area contributed by atoms with Gasteiger partial charge in [0.15, 0.2) is 0 Å². The minimum Gasteiger partial charge on any atom is -0.278 e. The lowest BCUT2D eigenvalue weighted by Gasteiger charge is -2.07. The molecule has 0 aliphatic carbocycles. The van der Waals surface area contributed by atoms with Crippen LogP contribution in [-0.4, -0.2) is 13.4 Å². The molecule has 0 unspecified atom stereocenters. The van der Waals surface area contributed by atoms with E-state index < -0.39 is 10.0 Å². The van der Waals surface area contributed by atoms with Gasteiger partial charge in [0.05, 0.1) is 21.7 Å². The maximum absolute atomic E-state index is 12.3. The van der Waals surface area contributed by atoms with E-state index in [2.05, 4.69) is 9.71 Å². The lowest BCUT2D eigenvalue weighted by molar-refractivity contribution is 0.601. The first-order valence-electron chi connectivity index (χ1n) is 5.78. The van der Waals surface area contributed by atoms with Crippen LogP contribution in [0.3, 0.4) is 0 Å². The molecule has 0 fully saturated rings. The van der Waals surface area contributed by atoms with Crippen LogP contribution < -0.4 is 4.72 Å². The third-order valence-corrected chi connectivity index (χ3v) is 5.89. The Morgan fingerprint density at radius 1 is 1.14 bits per heavy atom. The van der Waals surface area contributed by atoms with Gasteiger partial charge in [-0.3, -0.25) is 9.71 Å². The van der Waals surface area contributed by atoms with Gasteiger partial charge in [0.1, 0.15) is 9.23 Å². The van der Waals surface area contributed by atoms with E-state index in [0.29, 0.717) is 10.0 Å². The minimum atomic E-state index is -3.79. The third-order valence-electron chi connectivity index (χ3n) is 2.76. The summed E-state index contributed by atoms with van der Waals surface area (Å²) < 4.78 is 27.5. The number of benzene rings is 1. The van der Waals surface area contributed by atoms with Crippen LogP contribution in [0.2, 0.25) is 8.67 Å². The SMILES string of the molecule is O=S(=O)(Nc1cnc2ccccc2c1)c1cc(Cl)sc1Cl.